The van der Waals surface area contributed by atoms with Crippen LogP contribution < -0.4 is 5.32 Å². The van der Waals surface area contributed by atoms with Crippen LogP contribution in [0, 0.1) is 6.92 Å². The Kier molecular flexibility index (Phi) is 3.24. The average Bonchev–Trinajstić information content (AvgIpc) is 2.80. The van der Waals surface area contributed by atoms with Gasteiger partial charge in [-0.1, -0.05) is 6.07 Å². The summed E-state index contributed by atoms with van der Waals surface area (Å²) in [6.45, 7) is 4.38. The van der Waals surface area contributed by atoms with E-state index in [9.17, 15) is 13.2 Å². The van der Waals surface area contributed by atoms with Gasteiger partial charge in [-0.15, -0.1) is 0 Å². The molecule has 0 amide bonds. The second-order valence-corrected chi connectivity index (χ2v) is 4.44. The first-order valence-corrected chi connectivity index (χ1v) is 5.73. The molecule has 1 N–H and O–H groups in total. The summed E-state index contributed by atoms with van der Waals surface area (Å²) >= 11 is 0. The lowest BCUT2D eigenvalue weighted by Gasteiger charge is -2.26. The van der Waals surface area contributed by atoms with Crippen LogP contribution in [0.4, 0.5) is 13.2 Å². The normalized spacial score (nSPS) is 16.8. The molecule has 0 saturated carbocycles. The molecule has 1 aromatic carbocycles. The predicted octanol–water partition coefficient (Wildman–Crippen LogP) is 3.41. The molecule has 1 aromatic rings. The largest absolute Gasteiger partial charge is 0.416 e. The van der Waals surface area contributed by atoms with Crippen molar-refractivity contribution in [1.82, 2.24) is 10.2 Å². The van der Waals surface area contributed by atoms with Gasteiger partial charge in [-0.25, -0.2) is 0 Å². The van der Waals surface area contributed by atoms with Crippen LogP contribution >= 0.6 is 0 Å². The number of nitrogens with one attached hydrogen (secondary N) is 1. The average molecular weight is 256 g/mol. The van der Waals surface area contributed by atoms with E-state index in [0.29, 0.717) is 12.2 Å². The lowest BCUT2D eigenvalue weighted by atomic mass is 9.99. The molecule has 5 heteroatoms. The second kappa shape index (κ2) is 4.55. The third-order valence-electron chi connectivity index (χ3n) is 3.20. The number of alkyl halides is 3. The van der Waals surface area contributed by atoms with Crippen LogP contribution in [0.1, 0.15) is 29.7 Å². The smallest absolute Gasteiger partial charge is 0.373 e. The Hall–Kier alpha value is -1.65. The zero-order valence-electron chi connectivity index (χ0n) is 10.3. The van der Waals surface area contributed by atoms with Crippen molar-refractivity contribution in [2.45, 2.75) is 26.1 Å². The van der Waals surface area contributed by atoms with Crippen LogP contribution in [0.15, 0.2) is 30.6 Å². The summed E-state index contributed by atoms with van der Waals surface area (Å²) in [7, 11) is 0. The molecule has 0 bridgehead atoms. The van der Waals surface area contributed by atoms with Crippen molar-refractivity contribution in [3.63, 3.8) is 0 Å². The van der Waals surface area contributed by atoms with Crippen molar-refractivity contribution in [3.05, 3.63) is 47.3 Å². The van der Waals surface area contributed by atoms with Crippen LogP contribution in [-0.4, -0.2) is 11.6 Å². The number of hydrogen-bond donors (Lipinski definition) is 1. The Bertz CT molecular complexity index is 466. The first-order valence-electron chi connectivity index (χ1n) is 5.73. The van der Waals surface area contributed by atoms with Gasteiger partial charge in [-0.3, -0.25) is 0 Å². The van der Waals surface area contributed by atoms with Crippen molar-refractivity contribution >= 4 is 0 Å². The summed E-state index contributed by atoms with van der Waals surface area (Å²) in [5.41, 5.74) is 0.986. The Labute approximate surface area is 104 Å². The Morgan fingerprint density at radius 1 is 1.33 bits per heavy atom. The summed E-state index contributed by atoms with van der Waals surface area (Å²) < 4.78 is 37.7. The maximum Gasteiger partial charge on any atom is 0.416 e. The number of halogens is 3. The first kappa shape index (κ1) is 12.8. The van der Waals surface area contributed by atoms with E-state index in [0.717, 1.165) is 11.6 Å². The fourth-order valence-corrected chi connectivity index (χ4v) is 2.12. The zero-order valence-corrected chi connectivity index (χ0v) is 10.3. The number of rotatable bonds is 2. The van der Waals surface area contributed by atoms with Gasteiger partial charge in [0.1, 0.15) is 0 Å². The minimum atomic E-state index is -4.28. The Balaban J connectivity index is 2.27. The monoisotopic (exact) mass is 256 g/mol. The van der Waals surface area contributed by atoms with E-state index in [1.807, 2.05) is 24.2 Å². The lowest BCUT2D eigenvalue weighted by Crippen LogP contribution is -2.24. The van der Waals surface area contributed by atoms with Gasteiger partial charge < -0.3 is 10.2 Å². The van der Waals surface area contributed by atoms with E-state index in [1.165, 1.54) is 6.07 Å². The van der Waals surface area contributed by atoms with E-state index in [2.05, 4.69) is 5.32 Å². The van der Waals surface area contributed by atoms with Gasteiger partial charge in [0.15, 0.2) is 0 Å². The quantitative estimate of drug-likeness (QED) is 0.872. The standard InChI is InChI=1S/C13H15F3N2/c1-9-7-11(13(14,15)16)3-4-12(9)10(2)18-6-5-17-8-18/h3-7,10,17H,8H2,1-2H3/t10-/m1/s1. The Morgan fingerprint density at radius 2 is 2.06 bits per heavy atom. The molecular formula is C13H15F3N2. The summed E-state index contributed by atoms with van der Waals surface area (Å²) in [6.07, 6.45) is -0.542. The summed E-state index contributed by atoms with van der Waals surface area (Å²) in [4.78, 5) is 2.04. The SMILES string of the molecule is Cc1cc(C(F)(F)F)ccc1[C@@H](C)N1C=CNC1. The zero-order chi connectivity index (χ0) is 13.3. The molecule has 0 aromatic heterocycles. The molecule has 0 aliphatic carbocycles. The van der Waals surface area contributed by atoms with Crippen LogP contribution in [0.5, 0.6) is 0 Å². The molecule has 0 unspecified atom stereocenters. The molecule has 1 aliphatic rings. The highest BCUT2D eigenvalue weighted by Gasteiger charge is 2.31. The summed E-state index contributed by atoms with van der Waals surface area (Å²) in [5.74, 6) is 0. The maximum atomic E-state index is 12.6. The van der Waals surface area contributed by atoms with Crippen molar-refractivity contribution in [1.29, 1.82) is 0 Å². The molecule has 18 heavy (non-hydrogen) atoms. The molecule has 98 valence electrons. The number of aryl methyl sites for hydroxylation is 1. The molecule has 0 fully saturated rings. The molecule has 1 aliphatic heterocycles. The fraction of sp³-hybridized carbons (Fsp3) is 0.385. The highest BCUT2D eigenvalue weighted by molar-refractivity contribution is 5.34. The van der Waals surface area contributed by atoms with Gasteiger partial charge in [-0.2, -0.15) is 13.2 Å². The third-order valence-corrected chi connectivity index (χ3v) is 3.20. The van der Waals surface area contributed by atoms with Crippen molar-refractivity contribution in [2.24, 2.45) is 0 Å². The molecule has 2 rings (SSSR count). The molecule has 1 atom stereocenters. The highest BCUT2D eigenvalue weighted by Crippen LogP contribution is 2.32. The van der Waals surface area contributed by atoms with Gasteiger partial charge in [0.2, 0.25) is 0 Å². The predicted molar refractivity (Wildman–Crippen MR) is 63.6 cm³/mol. The fourth-order valence-electron chi connectivity index (χ4n) is 2.12. The summed E-state index contributed by atoms with van der Waals surface area (Å²) in [6, 6.07) is 3.97. The van der Waals surface area contributed by atoms with Crippen molar-refractivity contribution in [3.8, 4) is 0 Å². The van der Waals surface area contributed by atoms with E-state index < -0.39 is 11.7 Å². The van der Waals surface area contributed by atoms with Crippen LogP contribution in [0.2, 0.25) is 0 Å². The highest BCUT2D eigenvalue weighted by atomic mass is 19.4. The van der Waals surface area contributed by atoms with Crippen molar-refractivity contribution in [2.75, 3.05) is 6.67 Å². The van der Waals surface area contributed by atoms with Crippen LogP contribution in [0.25, 0.3) is 0 Å². The molecular weight excluding hydrogens is 241 g/mol. The topological polar surface area (TPSA) is 15.3 Å². The van der Waals surface area contributed by atoms with Crippen molar-refractivity contribution < 1.29 is 13.2 Å². The number of hydrogen-bond acceptors (Lipinski definition) is 2. The van der Waals surface area contributed by atoms with Crippen LogP contribution in [0.3, 0.4) is 0 Å². The minimum Gasteiger partial charge on any atom is -0.373 e. The van der Waals surface area contributed by atoms with Crippen LogP contribution in [-0.2, 0) is 6.18 Å². The second-order valence-electron chi connectivity index (χ2n) is 4.44. The first-order chi connectivity index (χ1) is 8.39. The van der Waals surface area contributed by atoms with E-state index >= 15 is 0 Å². The minimum absolute atomic E-state index is 0.0542. The van der Waals surface area contributed by atoms with Gasteiger partial charge in [0.05, 0.1) is 18.3 Å². The van der Waals surface area contributed by atoms with Gasteiger partial charge in [0, 0.05) is 12.4 Å². The third kappa shape index (κ3) is 2.44. The molecule has 0 saturated heterocycles. The Morgan fingerprint density at radius 3 is 2.56 bits per heavy atom. The van der Waals surface area contributed by atoms with E-state index in [1.54, 1.807) is 13.0 Å². The van der Waals surface area contributed by atoms with Gasteiger partial charge in [-0.05, 0) is 37.1 Å². The maximum absolute atomic E-state index is 12.6. The lowest BCUT2D eigenvalue weighted by molar-refractivity contribution is -0.137. The van der Waals surface area contributed by atoms with Gasteiger partial charge in [0.25, 0.3) is 0 Å². The summed E-state index contributed by atoms with van der Waals surface area (Å²) in [5, 5.41) is 3.04. The van der Waals surface area contributed by atoms with E-state index in [-0.39, 0.29) is 6.04 Å². The molecule has 0 spiro atoms. The molecule has 0 radical (unpaired) electrons. The van der Waals surface area contributed by atoms with E-state index in [4.69, 9.17) is 0 Å². The van der Waals surface area contributed by atoms with Gasteiger partial charge >= 0.3 is 6.18 Å². The molecule has 2 nitrogen and oxygen atoms in total. The number of nitrogens with zero attached hydrogens (tertiary/aromatic N) is 1. The number of benzene rings is 1. The molecule has 1 heterocycles.